The molecular weight excluding hydrogens is 631 g/mol. The smallest absolute Gasteiger partial charge is 0.256 e. The van der Waals surface area contributed by atoms with Gasteiger partial charge < -0.3 is 13.9 Å². The molecule has 0 saturated heterocycles. The number of benzene rings is 8. The van der Waals surface area contributed by atoms with Crippen molar-refractivity contribution in [3.8, 4) is 45.1 Å². The zero-order chi connectivity index (χ0) is 33.9. The molecule has 0 amide bonds. The van der Waals surface area contributed by atoms with E-state index in [0.717, 1.165) is 17.2 Å². The second kappa shape index (κ2) is 10.4. The van der Waals surface area contributed by atoms with Crippen LogP contribution in [0.25, 0.3) is 77.2 Å². The molecule has 0 radical (unpaired) electrons. The van der Waals surface area contributed by atoms with Crippen molar-refractivity contribution in [2.45, 2.75) is 0 Å². The van der Waals surface area contributed by atoms with Gasteiger partial charge in [0.15, 0.2) is 0 Å². The molecule has 8 aromatic carbocycles. The first-order chi connectivity index (χ1) is 25.8. The molecule has 0 fully saturated rings. The minimum absolute atomic E-state index is 0.0491. The molecule has 240 valence electrons. The van der Waals surface area contributed by atoms with Gasteiger partial charge in [-0.2, -0.15) is 0 Å². The third kappa shape index (κ3) is 3.71. The van der Waals surface area contributed by atoms with Crippen molar-refractivity contribution < 1.29 is 4.74 Å². The summed E-state index contributed by atoms with van der Waals surface area (Å²) in [6.07, 6.45) is 0. The maximum Gasteiger partial charge on any atom is 0.256 e. The lowest BCUT2D eigenvalue weighted by molar-refractivity contribution is 0.487. The van der Waals surface area contributed by atoms with Crippen LogP contribution in [0.15, 0.2) is 176 Å². The maximum atomic E-state index is 6.62. The van der Waals surface area contributed by atoms with Gasteiger partial charge >= 0.3 is 0 Å². The highest BCUT2D eigenvalue weighted by Crippen LogP contribution is 2.44. The summed E-state index contributed by atoms with van der Waals surface area (Å²) in [5.41, 5.74) is 15.8. The SMILES string of the molecule is c1ccc(-c2cc(-c3ccccc3)cc(-n3c4ccccc4c4cc5c6c(c7ccccc7n6-c6cccc7c6B5c5ccccc5O7)c43)c2)cc1. The first kappa shape index (κ1) is 28.0. The van der Waals surface area contributed by atoms with Crippen molar-refractivity contribution in [1.29, 1.82) is 0 Å². The summed E-state index contributed by atoms with van der Waals surface area (Å²) in [7, 11) is 0. The first-order valence-corrected chi connectivity index (χ1v) is 18.0. The molecule has 52 heavy (non-hydrogen) atoms. The summed E-state index contributed by atoms with van der Waals surface area (Å²) >= 11 is 0. The van der Waals surface area contributed by atoms with Gasteiger partial charge in [0.25, 0.3) is 6.71 Å². The lowest BCUT2D eigenvalue weighted by atomic mass is 9.34. The molecule has 0 spiro atoms. The standard InChI is InChI=1S/C48H29BN2O/c1-3-14-30(15-4-1)32-26-33(31-16-5-2-6-17-31)28-34(27-32)50-40-21-10-7-18-35(40)37-29-39-48-45(47(37)50)36-19-8-11-22-41(36)51(48)42-23-13-25-44-46(42)49(39)38-20-9-12-24-43(38)52-44/h1-29H. The molecule has 4 heterocycles. The van der Waals surface area contributed by atoms with Gasteiger partial charge in [-0.25, -0.2) is 0 Å². The van der Waals surface area contributed by atoms with E-state index in [9.17, 15) is 0 Å². The molecule has 4 heteroatoms. The van der Waals surface area contributed by atoms with Gasteiger partial charge in [0, 0.05) is 32.9 Å². The molecule has 0 aliphatic carbocycles. The van der Waals surface area contributed by atoms with Crippen LogP contribution in [0.5, 0.6) is 11.5 Å². The highest BCUT2D eigenvalue weighted by molar-refractivity contribution is 6.99. The Morgan fingerprint density at radius 1 is 0.404 bits per heavy atom. The van der Waals surface area contributed by atoms with E-state index >= 15 is 0 Å². The van der Waals surface area contributed by atoms with Crippen LogP contribution in [0.2, 0.25) is 0 Å². The van der Waals surface area contributed by atoms with Crippen LogP contribution in [0.1, 0.15) is 0 Å². The molecule has 12 rings (SSSR count). The normalized spacial score (nSPS) is 12.7. The minimum Gasteiger partial charge on any atom is -0.458 e. The molecule has 3 nitrogen and oxygen atoms in total. The highest BCUT2D eigenvalue weighted by Gasteiger charge is 2.41. The van der Waals surface area contributed by atoms with Crippen LogP contribution < -0.4 is 21.1 Å². The van der Waals surface area contributed by atoms with E-state index in [1.54, 1.807) is 0 Å². The Hall–Kier alpha value is -6.78. The van der Waals surface area contributed by atoms with E-state index in [1.807, 2.05) is 0 Å². The van der Waals surface area contributed by atoms with E-state index in [4.69, 9.17) is 4.74 Å². The summed E-state index contributed by atoms with van der Waals surface area (Å²) in [4.78, 5) is 0. The van der Waals surface area contributed by atoms with Gasteiger partial charge in [-0.15, -0.1) is 0 Å². The fourth-order valence-electron chi connectivity index (χ4n) is 9.22. The van der Waals surface area contributed by atoms with Crippen LogP contribution in [0.4, 0.5) is 0 Å². The molecule has 0 atom stereocenters. The van der Waals surface area contributed by atoms with E-state index in [0.29, 0.717) is 0 Å². The molecule has 2 aromatic heterocycles. The fraction of sp³-hybridized carbons (Fsp3) is 0. The van der Waals surface area contributed by atoms with E-state index in [2.05, 4.69) is 185 Å². The summed E-state index contributed by atoms with van der Waals surface area (Å²) in [5, 5.41) is 5.04. The Kier molecular flexibility index (Phi) is 5.58. The lowest BCUT2D eigenvalue weighted by Crippen LogP contribution is -2.58. The van der Waals surface area contributed by atoms with Crippen molar-refractivity contribution in [1.82, 2.24) is 9.13 Å². The van der Waals surface area contributed by atoms with Gasteiger partial charge in [0.1, 0.15) is 11.5 Å². The lowest BCUT2D eigenvalue weighted by Gasteiger charge is -2.33. The number of fused-ring (bicyclic) bond motifs is 11. The van der Waals surface area contributed by atoms with Crippen molar-refractivity contribution in [2.24, 2.45) is 0 Å². The van der Waals surface area contributed by atoms with Crippen LogP contribution in [0.3, 0.4) is 0 Å². The quantitative estimate of drug-likeness (QED) is 0.173. The first-order valence-electron chi connectivity index (χ1n) is 18.0. The average molecular weight is 661 g/mol. The summed E-state index contributed by atoms with van der Waals surface area (Å²) in [5.74, 6) is 1.87. The molecular formula is C48H29BN2O. The topological polar surface area (TPSA) is 19.1 Å². The highest BCUT2D eigenvalue weighted by atomic mass is 16.5. The van der Waals surface area contributed by atoms with Crippen molar-refractivity contribution in [3.63, 3.8) is 0 Å². The number of rotatable bonds is 3. The molecule has 2 aliphatic rings. The Bertz CT molecular complexity index is 3040. The monoisotopic (exact) mass is 660 g/mol. The van der Waals surface area contributed by atoms with Crippen LogP contribution in [-0.2, 0) is 0 Å². The van der Waals surface area contributed by atoms with Gasteiger partial charge in [0.2, 0.25) is 0 Å². The van der Waals surface area contributed by atoms with Gasteiger partial charge in [-0.1, -0.05) is 127 Å². The number of aromatic nitrogens is 2. The van der Waals surface area contributed by atoms with Gasteiger partial charge in [-0.05, 0) is 87.2 Å². The molecule has 0 saturated carbocycles. The number of ether oxygens (including phenoxy) is 1. The van der Waals surface area contributed by atoms with Crippen molar-refractivity contribution >= 4 is 66.7 Å². The van der Waals surface area contributed by atoms with E-state index in [1.165, 1.54) is 87.9 Å². The summed E-state index contributed by atoms with van der Waals surface area (Å²) in [6.45, 7) is 0.0491. The number of nitrogens with zero attached hydrogens (tertiary/aromatic N) is 2. The Morgan fingerprint density at radius 2 is 1.02 bits per heavy atom. The average Bonchev–Trinajstić information content (AvgIpc) is 3.73. The fourth-order valence-corrected chi connectivity index (χ4v) is 9.22. The van der Waals surface area contributed by atoms with Crippen molar-refractivity contribution in [2.75, 3.05) is 0 Å². The Labute approximate surface area is 300 Å². The molecule has 0 N–H and O–H groups in total. The van der Waals surface area contributed by atoms with E-state index in [-0.39, 0.29) is 6.71 Å². The predicted molar refractivity (Wildman–Crippen MR) is 217 cm³/mol. The van der Waals surface area contributed by atoms with Gasteiger partial charge in [-0.3, -0.25) is 0 Å². The summed E-state index contributed by atoms with van der Waals surface area (Å²) in [6, 6.07) is 64.1. The van der Waals surface area contributed by atoms with Crippen LogP contribution in [0, 0.1) is 0 Å². The number of hydrogen-bond acceptors (Lipinski definition) is 1. The number of hydrogen-bond donors (Lipinski definition) is 0. The molecule has 10 aromatic rings. The second-order valence-corrected chi connectivity index (χ2v) is 14.1. The number of para-hydroxylation sites is 3. The molecule has 0 bridgehead atoms. The van der Waals surface area contributed by atoms with Crippen LogP contribution in [-0.4, -0.2) is 15.8 Å². The maximum absolute atomic E-state index is 6.62. The zero-order valence-electron chi connectivity index (χ0n) is 28.1. The van der Waals surface area contributed by atoms with Gasteiger partial charge in [0.05, 0.1) is 22.1 Å². The van der Waals surface area contributed by atoms with E-state index < -0.39 is 0 Å². The zero-order valence-corrected chi connectivity index (χ0v) is 28.1. The minimum atomic E-state index is 0.0491. The van der Waals surface area contributed by atoms with Crippen LogP contribution >= 0.6 is 0 Å². The Morgan fingerprint density at radius 3 is 1.77 bits per heavy atom. The largest absolute Gasteiger partial charge is 0.458 e. The second-order valence-electron chi connectivity index (χ2n) is 14.1. The molecule has 2 aliphatic heterocycles. The predicted octanol–water partition coefficient (Wildman–Crippen LogP) is 10.2. The third-order valence-corrected chi connectivity index (χ3v) is 11.3. The third-order valence-electron chi connectivity index (χ3n) is 11.3. The summed E-state index contributed by atoms with van der Waals surface area (Å²) < 4.78 is 11.7. The van der Waals surface area contributed by atoms with Crippen molar-refractivity contribution in [3.05, 3.63) is 176 Å². The Balaban J connectivity index is 1.28. The molecule has 0 unspecified atom stereocenters.